The van der Waals surface area contributed by atoms with Gasteiger partial charge in [-0.2, -0.15) is 0 Å². The summed E-state index contributed by atoms with van der Waals surface area (Å²) < 4.78 is 18.6. The summed E-state index contributed by atoms with van der Waals surface area (Å²) in [4.78, 5) is 4.35. The highest BCUT2D eigenvalue weighted by Gasteiger charge is 2.10. The molecule has 0 radical (unpaired) electrons. The fraction of sp³-hybridized carbons (Fsp3) is 0.267. The zero-order valence-corrected chi connectivity index (χ0v) is 12.0. The second-order valence-corrected chi connectivity index (χ2v) is 5.14. The van der Waals surface area contributed by atoms with E-state index in [-0.39, 0.29) is 17.5 Å². The molecule has 20 heavy (non-hydrogen) atoms. The van der Waals surface area contributed by atoms with Gasteiger partial charge < -0.3 is 9.84 Å². The number of hydrogen-bond donors (Lipinski definition) is 1. The molecule has 106 valence electrons. The van der Waals surface area contributed by atoms with Crippen LogP contribution < -0.4 is 4.74 Å². The van der Waals surface area contributed by atoms with Crippen LogP contribution in [0.15, 0.2) is 30.3 Å². The Kier molecular flexibility index (Phi) is 4.57. The molecule has 0 saturated carbocycles. The Morgan fingerprint density at radius 2 is 2.05 bits per heavy atom. The number of aromatic nitrogens is 1. The minimum absolute atomic E-state index is 0.101. The van der Waals surface area contributed by atoms with Gasteiger partial charge in [-0.05, 0) is 35.7 Å². The van der Waals surface area contributed by atoms with E-state index in [0.29, 0.717) is 17.2 Å². The Labute approximate surface area is 122 Å². The lowest BCUT2D eigenvalue weighted by Gasteiger charge is -2.11. The maximum absolute atomic E-state index is 13.0. The van der Waals surface area contributed by atoms with Crippen molar-refractivity contribution in [3.63, 3.8) is 0 Å². The molecule has 0 atom stereocenters. The zero-order valence-electron chi connectivity index (χ0n) is 11.2. The maximum Gasteiger partial charge on any atom is 0.219 e. The first-order valence-electron chi connectivity index (χ1n) is 6.24. The Balaban J connectivity index is 2.34. The van der Waals surface area contributed by atoms with Crippen LogP contribution in [0.25, 0.3) is 0 Å². The Morgan fingerprint density at radius 1 is 1.30 bits per heavy atom. The summed E-state index contributed by atoms with van der Waals surface area (Å²) >= 11 is 5.91. The van der Waals surface area contributed by atoms with Crippen molar-refractivity contribution < 1.29 is 14.2 Å². The molecular formula is C15H15ClFNO2. The standard InChI is InChI=1S/C15H15ClFNO2/c1-9(2)13-5-10(8-19)6-15(18-13)20-14-4-3-11(17)7-12(14)16/h3-7,9,19H,8H2,1-2H3. The second kappa shape index (κ2) is 6.20. The Bertz CT molecular complexity index is 617. The van der Waals surface area contributed by atoms with Gasteiger partial charge in [0.05, 0.1) is 11.6 Å². The Morgan fingerprint density at radius 3 is 2.65 bits per heavy atom. The van der Waals surface area contributed by atoms with Gasteiger partial charge in [-0.3, -0.25) is 0 Å². The van der Waals surface area contributed by atoms with Gasteiger partial charge in [0, 0.05) is 11.8 Å². The van der Waals surface area contributed by atoms with Crippen molar-refractivity contribution in [3.05, 3.63) is 52.4 Å². The zero-order chi connectivity index (χ0) is 14.7. The molecular weight excluding hydrogens is 281 g/mol. The lowest BCUT2D eigenvalue weighted by atomic mass is 10.1. The predicted octanol–water partition coefficient (Wildman–Crippen LogP) is 4.28. The first-order valence-corrected chi connectivity index (χ1v) is 6.62. The van der Waals surface area contributed by atoms with E-state index >= 15 is 0 Å². The lowest BCUT2D eigenvalue weighted by Crippen LogP contribution is -1.99. The average molecular weight is 296 g/mol. The molecule has 0 bridgehead atoms. The molecule has 0 fully saturated rings. The van der Waals surface area contributed by atoms with Gasteiger partial charge >= 0.3 is 0 Å². The van der Waals surface area contributed by atoms with Gasteiger partial charge in [0.1, 0.15) is 11.6 Å². The van der Waals surface area contributed by atoms with E-state index in [2.05, 4.69) is 4.98 Å². The predicted molar refractivity (Wildman–Crippen MR) is 75.7 cm³/mol. The van der Waals surface area contributed by atoms with Gasteiger partial charge in [0.25, 0.3) is 0 Å². The molecule has 0 amide bonds. The largest absolute Gasteiger partial charge is 0.437 e. The number of aliphatic hydroxyl groups is 1. The monoisotopic (exact) mass is 295 g/mol. The van der Waals surface area contributed by atoms with Crippen molar-refractivity contribution in [1.29, 1.82) is 0 Å². The van der Waals surface area contributed by atoms with Crippen LogP contribution >= 0.6 is 11.6 Å². The molecule has 0 aliphatic carbocycles. The van der Waals surface area contributed by atoms with Gasteiger partial charge in [0.2, 0.25) is 5.88 Å². The third kappa shape index (κ3) is 3.46. The molecule has 2 aromatic rings. The SMILES string of the molecule is CC(C)c1cc(CO)cc(Oc2ccc(F)cc2Cl)n1. The van der Waals surface area contributed by atoms with Crippen molar-refractivity contribution >= 4 is 11.6 Å². The number of nitrogens with zero attached hydrogens (tertiary/aromatic N) is 1. The number of hydrogen-bond acceptors (Lipinski definition) is 3. The molecule has 2 rings (SSSR count). The number of aliphatic hydroxyl groups excluding tert-OH is 1. The van der Waals surface area contributed by atoms with E-state index < -0.39 is 5.82 Å². The van der Waals surface area contributed by atoms with Crippen LogP contribution in [0, 0.1) is 5.82 Å². The van der Waals surface area contributed by atoms with Gasteiger partial charge in [-0.25, -0.2) is 9.37 Å². The highest BCUT2D eigenvalue weighted by molar-refractivity contribution is 6.32. The van der Waals surface area contributed by atoms with Crippen molar-refractivity contribution in [2.75, 3.05) is 0 Å². The van der Waals surface area contributed by atoms with E-state index in [1.807, 2.05) is 19.9 Å². The van der Waals surface area contributed by atoms with E-state index in [4.69, 9.17) is 16.3 Å². The molecule has 1 heterocycles. The van der Waals surface area contributed by atoms with E-state index in [1.54, 1.807) is 6.07 Å². The number of pyridine rings is 1. The summed E-state index contributed by atoms with van der Waals surface area (Å²) in [5.74, 6) is 0.425. The van der Waals surface area contributed by atoms with Crippen LogP contribution in [-0.4, -0.2) is 10.1 Å². The van der Waals surface area contributed by atoms with Gasteiger partial charge in [0.15, 0.2) is 0 Å². The number of rotatable bonds is 4. The van der Waals surface area contributed by atoms with Crippen molar-refractivity contribution in [1.82, 2.24) is 4.98 Å². The fourth-order valence-electron chi connectivity index (χ4n) is 1.69. The maximum atomic E-state index is 13.0. The molecule has 1 aromatic heterocycles. The Hall–Kier alpha value is -1.65. The van der Waals surface area contributed by atoms with Crippen molar-refractivity contribution in [2.45, 2.75) is 26.4 Å². The second-order valence-electron chi connectivity index (χ2n) is 4.73. The van der Waals surface area contributed by atoms with Crippen LogP contribution in [-0.2, 0) is 6.61 Å². The van der Waals surface area contributed by atoms with Crippen molar-refractivity contribution in [3.8, 4) is 11.6 Å². The van der Waals surface area contributed by atoms with Gasteiger partial charge in [-0.1, -0.05) is 25.4 Å². The molecule has 5 heteroatoms. The summed E-state index contributed by atoms with van der Waals surface area (Å²) in [7, 11) is 0. The molecule has 1 N–H and O–H groups in total. The summed E-state index contributed by atoms with van der Waals surface area (Å²) in [6.45, 7) is 3.89. The van der Waals surface area contributed by atoms with Crippen LogP contribution in [0.3, 0.4) is 0 Å². The molecule has 0 unspecified atom stereocenters. The summed E-state index contributed by atoms with van der Waals surface area (Å²) in [5, 5.41) is 9.44. The van der Waals surface area contributed by atoms with Crippen LogP contribution in [0.1, 0.15) is 31.0 Å². The first-order chi connectivity index (χ1) is 9.49. The van der Waals surface area contributed by atoms with Crippen LogP contribution in [0.5, 0.6) is 11.6 Å². The normalized spacial score (nSPS) is 10.9. The summed E-state index contributed by atoms with van der Waals surface area (Å²) in [6, 6.07) is 7.34. The van der Waals surface area contributed by atoms with E-state index in [1.165, 1.54) is 18.2 Å². The molecule has 0 aliphatic rings. The quantitative estimate of drug-likeness (QED) is 0.915. The topological polar surface area (TPSA) is 42.4 Å². The number of ether oxygens (including phenoxy) is 1. The fourth-order valence-corrected chi connectivity index (χ4v) is 1.90. The van der Waals surface area contributed by atoms with Crippen molar-refractivity contribution in [2.24, 2.45) is 0 Å². The summed E-state index contributed by atoms with van der Waals surface area (Å²) in [5.41, 5.74) is 1.52. The van der Waals surface area contributed by atoms with Gasteiger partial charge in [-0.15, -0.1) is 0 Å². The minimum atomic E-state index is -0.428. The molecule has 0 saturated heterocycles. The third-order valence-electron chi connectivity index (χ3n) is 2.76. The average Bonchev–Trinajstić information content (AvgIpc) is 2.41. The molecule has 0 aliphatic heterocycles. The highest BCUT2D eigenvalue weighted by atomic mass is 35.5. The van der Waals surface area contributed by atoms with Crippen LogP contribution in [0.4, 0.5) is 4.39 Å². The molecule has 0 spiro atoms. The first kappa shape index (κ1) is 14.8. The van der Waals surface area contributed by atoms with E-state index in [0.717, 1.165) is 5.69 Å². The number of halogens is 2. The highest BCUT2D eigenvalue weighted by Crippen LogP contribution is 2.30. The smallest absolute Gasteiger partial charge is 0.219 e. The van der Waals surface area contributed by atoms with Crippen LogP contribution in [0.2, 0.25) is 5.02 Å². The lowest BCUT2D eigenvalue weighted by molar-refractivity contribution is 0.280. The molecule has 3 nitrogen and oxygen atoms in total. The minimum Gasteiger partial charge on any atom is -0.437 e. The molecule has 1 aromatic carbocycles. The number of benzene rings is 1. The third-order valence-corrected chi connectivity index (χ3v) is 3.06. The van der Waals surface area contributed by atoms with E-state index in [9.17, 15) is 9.50 Å². The summed E-state index contributed by atoms with van der Waals surface area (Å²) in [6.07, 6.45) is 0.